The van der Waals surface area contributed by atoms with Crippen LogP contribution in [0.1, 0.15) is 36.5 Å². The third kappa shape index (κ3) is 2.23. The lowest BCUT2D eigenvalue weighted by Gasteiger charge is -2.22. The van der Waals surface area contributed by atoms with Gasteiger partial charge in [-0.25, -0.2) is 0 Å². The van der Waals surface area contributed by atoms with E-state index in [2.05, 4.69) is 15.5 Å². The molecule has 2 heterocycles. The Hall–Kier alpha value is -2.05. The molecule has 0 spiro atoms. The number of nitrogens with one attached hydrogen (secondary N) is 2. The molecule has 0 aliphatic carbocycles. The van der Waals surface area contributed by atoms with Crippen molar-refractivity contribution in [1.29, 1.82) is 0 Å². The zero-order valence-electron chi connectivity index (χ0n) is 12.1. The molecule has 0 aromatic carbocycles. The van der Waals surface area contributed by atoms with Gasteiger partial charge in [0.2, 0.25) is 5.91 Å². The van der Waals surface area contributed by atoms with Gasteiger partial charge in [0.1, 0.15) is 0 Å². The first-order valence-electron chi connectivity index (χ1n) is 6.77. The molecule has 0 saturated carbocycles. The van der Waals surface area contributed by atoms with Crippen LogP contribution in [0.2, 0.25) is 0 Å². The summed E-state index contributed by atoms with van der Waals surface area (Å²) in [6.07, 6.45) is 1.34. The second-order valence-electron chi connectivity index (χ2n) is 5.43. The SMILES string of the molecule is CCc1[nH]nc(C(=O)N2CCC(C)(C(=O)NC)C2)c1N. The van der Waals surface area contributed by atoms with E-state index in [0.717, 1.165) is 5.69 Å². The summed E-state index contributed by atoms with van der Waals surface area (Å²) in [5.41, 5.74) is 6.80. The number of nitrogens with two attached hydrogens (primary N) is 1. The van der Waals surface area contributed by atoms with Crippen molar-refractivity contribution in [2.45, 2.75) is 26.7 Å². The highest BCUT2D eigenvalue weighted by molar-refractivity contribution is 5.98. The summed E-state index contributed by atoms with van der Waals surface area (Å²) in [7, 11) is 1.61. The molecule has 1 unspecified atom stereocenters. The van der Waals surface area contributed by atoms with E-state index in [4.69, 9.17) is 5.73 Å². The monoisotopic (exact) mass is 279 g/mol. The topological polar surface area (TPSA) is 104 Å². The van der Waals surface area contributed by atoms with Gasteiger partial charge in [-0.05, 0) is 19.8 Å². The lowest BCUT2D eigenvalue weighted by atomic mass is 9.89. The molecule has 0 radical (unpaired) electrons. The number of carbonyl (C=O) groups is 2. The lowest BCUT2D eigenvalue weighted by Crippen LogP contribution is -2.40. The third-order valence-corrected chi connectivity index (χ3v) is 3.97. The summed E-state index contributed by atoms with van der Waals surface area (Å²) < 4.78 is 0. The minimum Gasteiger partial charge on any atom is -0.395 e. The number of rotatable bonds is 3. The fourth-order valence-corrected chi connectivity index (χ4v) is 2.59. The van der Waals surface area contributed by atoms with E-state index in [-0.39, 0.29) is 17.5 Å². The van der Waals surface area contributed by atoms with Crippen LogP contribution in [0.4, 0.5) is 5.69 Å². The highest BCUT2D eigenvalue weighted by atomic mass is 16.2. The highest BCUT2D eigenvalue weighted by Gasteiger charge is 2.42. The number of hydrogen-bond donors (Lipinski definition) is 3. The van der Waals surface area contributed by atoms with Crippen LogP contribution < -0.4 is 11.1 Å². The second-order valence-corrected chi connectivity index (χ2v) is 5.43. The molecular formula is C13H21N5O2. The van der Waals surface area contributed by atoms with Crippen molar-refractivity contribution in [3.63, 3.8) is 0 Å². The summed E-state index contributed by atoms with van der Waals surface area (Å²) in [4.78, 5) is 25.9. The Labute approximate surface area is 117 Å². The number of likely N-dealkylation sites (tertiary alicyclic amines) is 1. The van der Waals surface area contributed by atoms with Gasteiger partial charge in [-0.2, -0.15) is 5.10 Å². The predicted octanol–water partition coefficient (Wildman–Crippen LogP) is 0.153. The largest absolute Gasteiger partial charge is 0.395 e. The molecule has 1 fully saturated rings. The molecule has 1 saturated heterocycles. The number of amides is 2. The molecule has 1 aliphatic rings. The summed E-state index contributed by atoms with van der Waals surface area (Å²) in [5.74, 6) is -0.261. The summed E-state index contributed by atoms with van der Waals surface area (Å²) in [6.45, 7) is 4.73. The Morgan fingerprint density at radius 1 is 1.55 bits per heavy atom. The molecule has 2 amide bonds. The van der Waals surface area contributed by atoms with Crippen LogP contribution in [0.25, 0.3) is 0 Å². The van der Waals surface area contributed by atoms with Crippen LogP contribution >= 0.6 is 0 Å². The van der Waals surface area contributed by atoms with E-state index in [1.807, 2.05) is 13.8 Å². The predicted molar refractivity (Wildman–Crippen MR) is 75.1 cm³/mol. The normalized spacial score (nSPS) is 22.1. The highest BCUT2D eigenvalue weighted by Crippen LogP contribution is 2.31. The van der Waals surface area contributed by atoms with E-state index in [9.17, 15) is 9.59 Å². The van der Waals surface area contributed by atoms with Gasteiger partial charge in [0, 0.05) is 20.1 Å². The number of carbonyl (C=O) groups excluding carboxylic acids is 2. The molecule has 2 rings (SSSR count). The Morgan fingerprint density at radius 2 is 2.25 bits per heavy atom. The molecule has 1 atom stereocenters. The number of H-pyrrole nitrogens is 1. The van der Waals surface area contributed by atoms with Crippen molar-refractivity contribution in [3.05, 3.63) is 11.4 Å². The molecular weight excluding hydrogens is 258 g/mol. The molecule has 4 N–H and O–H groups in total. The van der Waals surface area contributed by atoms with E-state index < -0.39 is 5.41 Å². The second kappa shape index (κ2) is 5.15. The quantitative estimate of drug-likeness (QED) is 0.732. The maximum atomic E-state index is 12.4. The van der Waals surface area contributed by atoms with Gasteiger partial charge in [0.15, 0.2) is 5.69 Å². The Kier molecular flexibility index (Phi) is 3.69. The molecule has 7 nitrogen and oxygen atoms in total. The van der Waals surface area contributed by atoms with Gasteiger partial charge in [-0.15, -0.1) is 0 Å². The van der Waals surface area contributed by atoms with Crippen LogP contribution in [0, 0.1) is 5.41 Å². The van der Waals surface area contributed by atoms with Gasteiger partial charge in [0.05, 0.1) is 16.8 Å². The Balaban J connectivity index is 2.16. The fraction of sp³-hybridized carbons (Fsp3) is 0.615. The minimum atomic E-state index is -0.539. The Bertz CT molecular complexity index is 539. The smallest absolute Gasteiger partial charge is 0.276 e. The minimum absolute atomic E-state index is 0.0444. The maximum absolute atomic E-state index is 12.4. The number of nitrogens with zero attached hydrogens (tertiary/aromatic N) is 2. The molecule has 7 heteroatoms. The lowest BCUT2D eigenvalue weighted by molar-refractivity contribution is -0.128. The Morgan fingerprint density at radius 3 is 2.80 bits per heavy atom. The van der Waals surface area contributed by atoms with Crippen molar-refractivity contribution in [2.24, 2.45) is 5.41 Å². The van der Waals surface area contributed by atoms with Crippen LogP contribution in [0.5, 0.6) is 0 Å². The first-order chi connectivity index (χ1) is 9.42. The summed E-state index contributed by atoms with van der Waals surface area (Å²) >= 11 is 0. The van der Waals surface area contributed by atoms with Crippen LogP contribution in [0.15, 0.2) is 0 Å². The van der Waals surface area contributed by atoms with Gasteiger partial charge in [-0.1, -0.05) is 6.92 Å². The van der Waals surface area contributed by atoms with Crippen molar-refractivity contribution >= 4 is 17.5 Å². The molecule has 1 aliphatic heterocycles. The number of aromatic nitrogens is 2. The fourth-order valence-electron chi connectivity index (χ4n) is 2.59. The van der Waals surface area contributed by atoms with Crippen molar-refractivity contribution in [2.75, 3.05) is 25.9 Å². The molecule has 0 bridgehead atoms. The number of hydrogen-bond acceptors (Lipinski definition) is 4. The number of anilines is 1. The van der Waals surface area contributed by atoms with Gasteiger partial charge in [-0.3, -0.25) is 14.7 Å². The van der Waals surface area contributed by atoms with Crippen molar-refractivity contribution < 1.29 is 9.59 Å². The van der Waals surface area contributed by atoms with E-state index in [0.29, 0.717) is 31.6 Å². The molecule has 110 valence electrons. The summed E-state index contributed by atoms with van der Waals surface area (Å²) in [5, 5.41) is 9.43. The average Bonchev–Trinajstić information content (AvgIpc) is 3.01. The van der Waals surface area contributed by atoms with E-state index >= 15 is 0 Å². The molecule has 1 aromatic heterocycles. The van der Waals surface area contributed by atoms with Gasteiger partial charge >= 0.3 is 0 Å². The zero-order valence-corrected chi connectivity index (χ0v) is 12.1. The first-order valence-corrected chi connectivity index (χ1v) is 6.77. The van der Waals surface area contributed by atoms with Crippen molar-refractivity contribution in [1.82, 2.24) is 20.4 Å². The summed E-state index contributed by atoms with van der Waals surface area (Å²) in [6, 6.07) is 0. The van der Waals surface area contributed by atoms with Crippen LogP contribution in [0.3, 0.4) is 0 Å². The van der Waals surface area contributed by atoms with E-state index in [1.54, 1.807) is 11.9 Å². The number of nitrogen functional groups attached to an aromatic ring is 1. The third-order valence-electron chi connectivity index (χ3n) is 3.97. The number of aryl methyl sites for hydroxylation is 1. The molecule has 20 heavy (non-hydrogen) atoms. The van der Waals surface area contributed by atoms with Crippen LogP contribution in [-0.2, 0) is 11.2 Å². The maximum Gasteiger partial charge on any atom is 0.276 e. The van der Waals surface area contributed by atoms with E-state index in [1.165, 1.54) is 0 Å². The number of aromatic amines is 1. The molecule has 1 aromatic rings. The van der Waals surface area contributed by atoms with Crippen molar-refractivity contribution in [3.8, 4) is 0 Å². The first kappa shape index (κ1) is 14.4. The standard InChI is InChI=1S/C13H21N5O2/c1-4-8-9(14)10(17-16-8)11(19)18-6-5-13(2,7-18)12(20)15-3/h4-7,14H2,1-3H3,(H,15,20)(H,16,17). The van der Waals surface area contributed by atoms with Gasteiger partial charge in [0.25, 0.3) is 5.91 Å². The zero-order chi connectivity index (χ0) is 14.9. The average molecular weight is 279 g/mol. The van der Waals surface area contributed by atoms with Gasteiger partial charge < -0.3 is 16.0 Å². The van der Waals surface area contributed by atoms with Crippen LogP contribution in [-0.4, -0.2) is 47.0 Å².